The van der Waals surface area contributed by atoms with E-state index in [9.17, 15) is 0 Å². The Morgan fingerprint density at radius 3 is 2.70 bits per heavy atom. The molecule has 3 N–H and O–H groups in total. The van der Waals surface area contributed by atoms with Crippen molar-refractivity contribution in [2.24, 2.45) is 5.84 Å². The number of rotatable bonds is 8. The molecule has 2 rings (SSSR count). The molecular formula is C14H25N5O. The summed E-state index contributed by atoms with van der Waals surface area (Å²) in [6.07, 6.45) is 4.34. The van der Waals surface area contributed by atoms with Crippen molar-refractivity contribution >= 4 is 11.6 Å². The normalized spacial score (nSPS) is 14.4. The summed E-state index contributed by atoms with van der Waals surface area (Å²) in [6, 6.07) is 0.582. The zero-order valence-corrected chi connectivity index (χ0v) is 12.6. The molecule has 1 heterocycles. The molecule has 1 saturated carbocycles. The highest BCUT2D eigenvalue weighted by molar-refractivity contribution is 5.59. The van der Waals surface area contributed by atoms with Gasteiger partial charge in [0.25, 0.3) is 0 Å². The Morgan fingerprint density at radius 1 is 1.40 bits per heavy atom. The molecular weight excluding hydrogens is 254 g/mol. The number of hydrogen-bond donors (Lipinski definition) is 2. The van der Waals surface area contributed by atoms with Crippen LogP contribution in [0.1, 0.15) is 37.6 Å². The van der Waals surface area contributed by atoms with Crippen molar-refractivity contribution in [3.63, 3.8) is 0 Å². The Morgan fingerprint density at radius 2 is 2.15 bits per heavy atom. The topological polar surface area (TPSA) is 76.3 Å². The smallest absolute Gasteiger partial charge is 0.148 e. The molecule has 1 aliphatic rings. The fraction of sp³-hybridized carbons (Fsp3) is 0.714. The number of hydrogen-bond acceptors (Lipinski definition) is 6. The first-order valence-corrected chi connectivity index (χ1v) is 7.31. The number of anilines is 2. The number of nitrogens with zero attached hydrogens (tertiary/aromatic N) is 3. The van der Waals surface area contributed by atoms with Crippen LogP contribution in [0.25, 0.3) is 0 Å². The molecule has 0 aliphatic heterocycles. The van der Waals surface area contributed by atoms with Crippen LogP contribution >= 0.6 is 0 Å². The van der Waals surface area contributed by atoms with Gasteiger partial charge in [-0.05, 0) is 26.2 Å². The number of ether oxygens (including phenoxy) is 1. The van der Waals surface area contributed by atoms with E-state index < -0.39 is 0 Å². The number of nitrogens with two attached hydrogens (primary N) is 1. The Hall–Kier alpha value is -1.40. The summed E-state index contributed by atoms with van der Waals surface area (Å²) in [5, 5.41) is 0. The summed E-state index contributed by atoms with van der Waals surface area (Å²) < 4.78 is 5.22. The van der Waals surface area contributed by atoms with Gasteiger partial charge in [-0.15, -0.1) is 0 Å². The van der Waals surface area contributed by atoms with E-state index in [4.69, 9.17) is 15.6 Å². The molecule has 1 aliphatic carbocycles. The lowest BCUT2D eigenvalue weighted by molar-refractivity contribution is 0.204. The summed E-state index contributed by atoms with van der Waals surface area (Å²) in [5.74, 6) is 8.16. The molecule has 20 heavy (non-hydrogen) atoms. The van der Waals surface area contributed by atoms with Crippen LogP contribution in [-0.2, 0) is 11.2 Å². The lowest BCUT2D eigenvalue weighted by Gasteiger charge is -2.26. The average Bonchev–Trinajstić information content (AvgIpc) is 3.27. The van der Waals surface area contributed by atoms with Gasteiger partial charge < -0.3 is 15.1 Å². The van der Waals surface area contributed by atoms with E-state index in [1.165, 1.54) is 12.8 Å². The van der Waals surface area contributed by atoms with Gasteiger partial charge in [-0.1, -0.05) is 6.92 Å². The zero-order chi connectivity index (χ0) is 14.5. The highest BCUT2D eigenvalue weighted by atomic mass is 16.5. The molecule has 0 amide bonds. The number of nitrogens with one attached hydrogen (secondary N) is 1. The van der Waals surface area contributed by atoms with Crippen molar-refractivity contribution in [2.75, 3.05) is 30.6 Å². The van der Waals surface area contributed by atoms with Crippen LogP contribution in [0.15, 0.2) is 0 Å². The van der Waals surface area contributed by atoms with E-state index in [-0.39, 0.29) is 0 Å². The Labute approximate surface area is 120 Å². The van der Waals surface area contributed by atoms with Crippen LogP contribution in [-0.4, -0.2) is 36.3 Å². The fourth-order valence-electron chi connectivity index (χ4n) is 2.34. The summed E-state index contributed by atoms with van der Waals surface area (Å²) in [5.41, 5.74) is 3.71. The van der Waals surface area contributed by atoms with Gasteiger partial charge in [0.2, 0.25) is 0 Å². The predicted molar refractivity (Wildman–Crippen MR) is 80.8 cm³/mol. The molecule has 0 bridgehead atoms. The van der Waals surface area contributed by atoms with E-state index in [0.717, 1.165) is 42.4 Å². The molecule has 0 radical (unpaired) electrons. The van der Waals surface area contributed by atoms with Crippen molar-refractivity contribution in [2.45, 2.75) is 45.6 Å². The summed E-state index contributed by atoms with van der Waals surface area (Å²) in [6.45, 7) is 5.70. The molecule has 6 heteroatoms. The molecule has 1 aromatic rings. The maximum Gasteiger partial charge on any atom is 0.148 e. The molecule has 0 spiro atoms. The molecule has 6 nitrogen and oxygen atoms in total. The van der Waals surface area contributed by atoms with Crippen LogP contribution < -0.4 is 16.2 Å². The third-order valence-corrected chi connectivity index (χ3v) is 3.57. The van der Waals surface area contributed by atoms with Gasteiger partial charge in [0.15, 0.2) is 0 Å². The van der Waals surface area contributed by atoms with Crippen LogP contribution in [0.3, 0.4) is 0 Å². The highest BCUT2D eigenvalue weighted by Crippen LogP contribution is 2.33. The second-order valence-electron chi connectivity index (χ2n) is 5.25. The van der Waals surface area contributed by atoms with E-state index in [1.807, 2.05) is 6.92 Å². The van der Waals surface area contributed by atoms with Gasteiger partial charge in [0.05, 0.1) is 6.61 Å². The number of aryl methyl sites for hydroxylation is 1. The third-order valence-electron chi connectivity index (χ3n) is 3.57. The maximum atomic E-state index is 5.59. The molecule has 0 aromatic carbocycles. The minimum Gasteiger partial charge on any atom is -0.383 e. The van der Waals surface area contributed by atoms with Crippen LogP contribution in [0.4, 0.5) is 11.6 Å². The van der Waals surface area contributed by atoms with E-state index in [1.54, 1.807) is 7.11 Å². The Bertz CT molecular complexity index is 447. The first kappa shape index (κ1) is 15.0. The SMILES string of the molecule is CCCc1nc(NN)c(C)c(N(CCOC)C2CC2)n1. The Kier molecular flexibility index (Phi) is 5.14. The number of hydrazine groups is 1. The summed E-state index contributed by atoms with van der Waals surface area (Å²) in [7, 11) is 1.73. The van der Waals surface area contributed by atoms with E-state index in [2.05, 4.69) is 22.2 Å². The molecule has 0 atom stereocenters. The van der Waals surface area contributed by atoms with Gasteiger partial charge in [0, 0.05) is 31.7 Å². The van der Waals surface area contributed by atoms with Gasteiger partial charge >= 0.3 is 0 Å². The third kappa shape index (κ3) is 3.37. The van der Waals surface area contributed by atoms with E-state index in [0.29, 0.717) is 12.6 Å². The van der Waals surface area contributed by atoms with Crippen molar-refractivity contribution in [3.8, 4) is 0 Å². The largest absolute Gasteiger partial charge is 0.383 e. The van der Waals surface area contributed by atoms with Crippen LogP contribution in [0.5, 0.6) is 0 Å². The zero-order valence-electron chi connectivity index (χ0n) is 12.6. The van der Waals surface area contributed by atoms with Gasteiger partial charge in [-0.25, -0.2) is 15.8 Å². The lowest BCUT2D eigenvalue weighted by atomic mass is 10.2. The summed E-state index contributed by atoms with van der Waals surface area (Å²) in [4.78, 5) is 11.6. The highest BCUT2D eigenvalue weighted by Gasteiger charge is 2.31. The summed E-state index contributed by atoms with van der Waals surface area (Å²) >= 11 is 0. The van der Waals surface area contributed by atoms with E-state index >= 15 is 0 Å². The fourth-order valence-corrected chi connectivity index (χ4v) is 2.34. The van der Waals surface area contributed by atoms with Crippen LogP contribution in [0.2, 0.25) is 0 Å². The minimum absolute atomic E-state index is 0.582. The standard InChI is InChI=1S/C14H25N5O/c1-4-5-12-16-13(18-15)10(2)14(17-12)19(8-9-20-3)11-6-7-11/h11H,4-9,15H2,1-3H3,(H,16,17,18). The molecule has 1 aromatic heterocycles. The molecule has 0 saturated heterocycles. The van der Waals surface area contributed by atoms with Crippen molar-refractivity contribution in [1.82, 2.24) is 9.97 Å². The Balaban J connectivity index is 2.32. The number of nitrogen functional groups attached to an aromatic ring is 1. The van der Waals surface area contributed by atoms with Gasteiger partial charge in [0.1, 0.15) is 17.5 Å². The quantitative estimate of drug-likeness (QED) is 0.556. The second kappa shape index (κ2) is 6.85. The number of aromatic nitrogens is 2. The maximum absolute atomic E-state index is 5.59. The molecule has 1 fully saturated rings. The second-order valence-corrected chi connectivity index (χ2v) is 5.25. The first-order valence-electron chi connectivity index (χ1n) is 7.31. The predicted octanol–water partition coefficient (Wildman–Crippen LogP) is 1.64. The van der Waals surface area contributed by atoms with Crippen molar-refractivity contribution < 1.29 is 4.74 Å². The van der Waals surface area contributed by atoms with Crippen LogP contribution in [0, 0.1) is 6.92 Å². The van der Waals surface area contributed by atoms with Crippen molar-refractivity contribution in [3.05, 3.63) is 11.4 Å². The minimum atomic E-state index is 0.582. The average molecular weight is 279 g/mol. The molecule has 0 unspecified atom stereocenters. The number of methoxy groups -OCH3 is 1. The first-order chi connectivity index (χ1) is 9.71. The molecule has 112 valence electrons. The van der Waals surface area contributed by atoms with Gasteiger partial charge in [-0.2, -0.15) is 0 Å². The van der Waals surface area contributed by atoms with Crippen molar-refractivity contribution in [1.29, 1.82) is 0 Å². The van der Waals surface area contributed by atoms with Gasteiger partial charge in [-0.3, -0.25) is 0 Å². The lowest BCUT2D eigenvalue weighted by Crippen LogP contribution is -2.32. The monoisotopic (exact) mass is 279 g/mol.